The van der Waals surface area contributed by atoms with Crippen molar-refractivity contribution in [2.24, 2.45) is 0 Å². The van der Waals surface area contributed by atoms with Gasteiger partial charge in [0.1, 0.15) is 0 Å². The fourth-order valence-corrected chi connectivity index (χ4v) is 7.90. The fraction of sp³-hybridized carbons (Fsp3) is 0. The van der Waals surface area contributed by atoms with Gasteiger partial charge in [0.05, 0.1) is 0 Å². The summed E-state index contributed by atoms with van der Waals surface area (Å²) in [5, 5.41) is 10.1. The van der Waals surface area contributed by atoms with Crippen LogP contribution in [0.3, 0.4) is 0 Å². The highest BCUT2D eigenvalue weighted by Crippen LogP contribution is 2.40. The van der Waals surface area contributed by atoms with Crippen molar-refractivity contribution in [2.75, 3.05) is 4.90 Å². The largest absolute Gasteiger partial charge is 0.310 e. The van der Waals surface area contributed by atoms with E-state index < -0.39 is 0 Å². The summed E-state index contributed by atoms with van der Waals surface area (Å²) < 4.78 is 0. The summed E-state index contributed by atoms with van der Waals surface area (Å²) in [6, 6.07) is 77.3. The third kappa shape index (κ3) is 5.69. The molecule has 0 saturated heterocycles. The molecular formula is C52H35N. The number of anilines is 3. The first-order chi connectivity index (χ1) is 26.2. The van der Waals surface area contributed by atoms with E-state index in [4.69, 9.17) is 0 Å². The zero-order valence-electron chi connectivity index (χ0n) is 29.2. The lowest BCUT2D eigenvalue weighted by Crippen LogP contribution is -2.10. The van der Waals surface area contributed by atoms with Crippen molar-refractivity contribution in [1.29, 1.82) is 0 Å². The Labute approximate surface area is 309 Å². The van der Waals surface area contributed by atoms with Crippen LogP contribution in [0.1, 0.15) is 0 Å². The molecular weight excluding hydrogens is 639 g/mol. The quantitative estimate of drug-likeness (QED) is 0.159. The second-order valence-corrected chi connectivity index (χ2v) is 13.8. The van der Waals surface area contributed by atoms with Gasteiger partial charge in [-0.15, -0.1) is 0 Å². The minimum atomic E-state index is 1.11. The first-order valence-electron chi connectivity index (χ1n) is 18.2. The molecule has 53 heavy (non-hydrogen) atoms. The standard InChI is InChI=1S/C52H35N/c1-3-10-36(11-4-1)41-15-9-16-47(34-41)53(48-28-22-39-18-19-42(33-45(39)35-48)37-12-5-2-6-13-37)46-26-20-38(21-27-46)43-24-29-50-44(32-43)25-31-51-49-17-8-7-14-40(49)23-30-52(50)51/h1-35H. The number of hydrogen-bond donors (Lipinski definition) is 0. The molecule has 0 spiro atoms. The topological polar surface area (TPSA) is 3.24 Å². The van der Waals surface area contributed by atoms with E-state index in [9.17, 15) is 0 Å². The zero-order chi connectivity index (χ0) is 35.1. The molecule has 0 heterocycles. The van der Waals surface area contributed by atoms with Crippen molar-refractivity contribution < 1.29 is 0 Å². The van der Waals surface area contributed by atoms with E-state index in [-0.39, 0.29) is 0 Å². The fourth-order valence-electron chi connectivity index (χ4n) is 7.90. The van der Waals surface area contributed by atoms with Crippen LogP contribution in [0.4, 0.5) is 17.1 Å². The van der Waals surface area contributed by atoms with Crippen molar-refractivity contribution >= 4 is 60.2 Å². The minimum absolute atomic E-state index is 1.11. The number of fused-ring (bicyclic) bond motifs is 6. The van der Waals surface area contributed by atoms with Gasteiger partial charge in [-0.2, -0.15) is 0 Å². The van der Waals surface area contributed by atoms with Gasteiger partial charge in [-0.1, -0.05) is 164 Å². The number of hydrogen-bond acceptors (Lipinski definition) is 1. The van der Waals surface area contributed by atoms with Gasteiger partial charge in [-0.05, 0) is 125 Å². The molecule has 0 bridgehead atoms. The maximum atomic E-state index is 2.38. The lowest BCUT2D eigenvalue weighted by molar-refractivity contribution is 1.29. The molecule has 1 nitrogen and oxygen atoms in total. The van der Waals surface area contributed by atoms with E-state index in [1.165, 1.54) is 76.5 Å². The molecule has 0 aliphatic carbocycles. The zero-order valence-corrected chi connectivity index (χ0v) is 29.2. The van der Waals surface area contributed by atoms with Gasteiger partial charge in [-0.25, -0.2) is 0 Å². The summed E-state index contributed by atoms with van der Waals surface area (Å²) >= 11 is 0. The van der Waals surface area contributed by atoms with E-state index >= 15 is 0 Å². The van der Waals surface area contributed by atoms with Crippen LogP contribution < -0.4 is 4.90 Å². The Morgan fingerprint density at radius 3 is 1.43 bits per heavy atom. The van der Waals surface area contributed by atoms with Crippen molar-refractivity contribution in [3.05, 3.63) is 212 Å². The number of rotatable bonds is 6. The first-order valence-corrected chi connectivity index (χ1v) is 18.2. The Kier molecular flexibility index (Phi) is 7.55. The molecule has 0 amide bonds. The van der Waals surface area contributed by atoms with Crippen LogP contribution in [-0.2, 0) is 0 Å². The molecule has 0 aliphatic rings. The Balaban J connectivity index is 1.06. The molecule has 0 fully saturated rings. The van der Waals surface area contributed by atoms with Crippen LogP contribution in [0.2, 0.25) is 0 Å². The van der Waals surface area contributed by atoms with Crippen LogP contribution >= 0.6 is 0 Å². The second kappa shape index (κ2) is 13.0. The number of benzene rings is 10. The van der Waals surface area contributed by atoms with E-state index in [1.54, 1.807) is 0 Å². The third-order valence-corrected chi connectivity index (χ3v) is 10.6. The summed E-state index contributed by atoms with van der Waals surface area (Å²) in [4.78, 5) is 2.38. The van der Waals surface area contributed by atoms with Crippen LogP contribution in [0.25, 0.3) is 76.5 Å². The van der Waals surface area contributed by atoms with Gasteiger partial charge in [0.25, 0.3) is 0 Å². The summed E-state index contributed by atoms with van der Waals surface area (Å²) in [6.45, 7) is 0. The van der Waals surface area contributed by atoms with Crippen LogP contribution in [0.15, 0.2) is 212 Å². The highest BCUT2D eigenvalue weighted by molar-refractivity contribution is 6.17. The Morgan fingerprint density at radius 1 is 0.208 bits per heavy atom. The molecule has 1 heteroatoms. The lowest BCUT2D eigenvalue weighted by atomic mass is 9.95. The van der Waals surface area contributed by atoms with E-state index in [0.717, 1.165) is 17.1 Å². The molecule has 0 atom stereocenters. The molecule has 10 aromatic carbocycles. The summed E-state index contributed by atoms with van der Waals surface area (Å²) in [6.07, 6.45) is 0. The van der Waals surface area contributed by atoms with E-state index in [0.29, 0.717) is 0 Å². The van der Waals surface area contributed by atoms with Gasteiger partial charge < -0.3 is 4.90 Å². The molecule has 0 unspecified atom stereocenters. The molecule has 0 radical (unpaired) electrons. The monoisotopic (exact) mass is 673 g/mol. The smallest absolute Gasteiger partial charge is 0.0468 e. The molecule has 0 aromatic heterocycles. The van der Waals surface area contributed by atoms with E-state index in [1.807, 2.05) is 0 Å². The normalized spacial score (nSPS) is 11.4. The second-order valence-electron chi connectivity index (χ2n) is 13.8. The molecule has 0 saturated carbocycles. The van der Waals surface area contributed by atoms with Crippen molar-refractivity contribution in [2.45, 2.75) is 0 Å². The SMILES string of the molecule is c1ccc(-c2cccc(N(c3ccc(-c4ccc5c(ccc6c7ccccc7ccc56)c4)cc3)c3ccc4ccc(-c5ccccc5)cc4c3)c2)cc1. The highest BCUT2D eigenvalue weighted by Gasteiger charge is 2.15. The van der Waals surface area contributed by atoms with Gasteiger partial charge in [0.2, 0.25) is 0 Å². The van der Waals surface area contributed by atoms with Crippen LogP contribution in [-0.4, -0.2) is 0 Å². The maximum absolute atomic E-state index is 2.38. The van der Waals surface area contributed by atoms with Crippen molar-refractivity contribution in [3.8, 4) is 33.4 Å². The predicted molar refractivity (Wildman–Crippen MR) is 227 cm³/mol. The molecule has 248 valence electrons. The third-order valence-electron chi connectivity index (χ3n) is 10.6. The summed E-state index contributed by atoms with van der Waals surface area (Å²) in [5.41, 5.74) is 10.6. The Morgan fingerprint density at radius 2 is 0.679 bits per heavy atom. The molecule has 10 aromatic rings. The van der Waals surface area contributed by atoms with Crippen LogP contribution in [0, 0.1) is 0 Å². The average Bonchev–Trinajstić information content (AvgIpc) is 3.24. The minimum Gasteiger partial charge on any atom is -0.310 e. The summed E-state index contributed by atoms with van der Waals surface area (Å²) in [7, 11) is 0. The van der Waals surface area contributed by atoms with Gasteiger partial charge >= 0.3 is 0 Å². The van der Waals surface area contributed by atoms with Crippen LogP contribution in [0.5, 0.6) is 0 Å². The highest BCUT2D eigenvalue weighted by atomic mass is 15.1. The average molecular weight is 674 g/mol. The molecule has 0 aliphatic heterocycles. The van der Waals surface area contributed by atoms with Gasteiger partial charge in [-0.3, -0.25) is 0 Å². The van der Waals surface area contributed by atoms with Crippen molar-refractivity contribution in [1.82, 2.24) is 0 Å². The molecule has 10 rings (SSSR count). The van der Waals surface area contributed by atoms with E-state index in [2.05, 4.69) is 217 Å². The maximum Gasteiger partial charge on any atom is 0.0468 e. The Hall–Kier alpha value is -6.96. The summed E-state index contributed by atoms with van der Waals surface area (Å²) in [5.74, 6) is 0. The first kappa shape index (κ1) is 30.8. The predicted octanol–water partition coefficient (Wildman–Crippen LogP) is 14.8. The molecule has 0 N–H and O–H groups in total. The number of nitrogens with zero attached hydrogens (tertiary/aromatic N) is 1. The van der Waals surface area contributed by atoms with Gasteiger partial charge in [0, 0.05) is 17.1 Å². The van der Waals surface area contributed by atoms with Crippen molar-refractivity contribution in [3.63, 3.8) is 0 Å². The lowest BCUT2D eigenvalue weighted by Gasteiger charge is -2.26. The Bertz CT molecular complexity index is 2930. The van der Waals surface area contributed by atoms with Gasteiger partial charge in [0.15, 0.2) is 0 Å².